The largest absolute Gasteiger partial charge is 0.456 e. The maximum Gasteiger partial charge on any atom is 0.417 e. The SMILES string of the molecule is CCC1(c2cccc(OC(=O)Nc3ccc(C(=O)Nc4ccc(C(=O)OC(C)(C)C)cc4)cc3)c2)CCCCN(C)C1. The molecule has 3 aromatic rings. The first-order valence-electron chi connectivity index (χ1n) is 14.5. The van der Waals surface area contributed by atoms with E-state index in [1.165, 1.54) is 18.4 Å². The number of hydrogen-bond acceptors (Lipinski definition) is 6. The maximum atomic E-state index is 12.7. The summed E-state index contributed by atoms with van der Waals surface area (Å²) in [4.78, 5) is 40.0. The zero-order valence-corrected chi connectivity index (χ0v) is 25.2. The predicted molar refractivity (Wildman–Crippen MR) is 165 cm³/mol. The van der Waals surface area contributed by atoms with Gasteiger partial charge in [-0.3, -0.25) is 10.1 Å². The minimum absolute atomic E-state index is 0.0393. The third-order valence-corrected chi connectivity index (χ3v) is 7.52. The number of benzene rings is 3. The molecule has 1 aliphatic rings. The minimum Gasteiger partial charge on any atom is -0.456 e. The van der Waals surface area contributed by atoms with E-state index in [1.807, 2.05) is 12.1 Å². The fourth-order valence-electron chi connectivity index (χ4n) is 5.32. The van der Waals surface area contributed by atoms with Gasteiger partial charge in [-0.05, 0) is 120 Å². The number of rotatable bonds is 7. The monoisotopic (exact) mass is 571 g/mol. The Bertz CT molecular complexity index is 1400. The van der Waals surface area contributed by atoms with Crippen molar-refractivity contribution < 1.29 is 23.9 Å². The van der Waals surface area contributed by atoms with Gasteiger partial charge in [0.15, 0.2) is 0 Å². The van der Waals surface area contributed by atoms with Crippen LogP contribution in [-0.4, -0.2) is 48.6 Å². The van der Waals surface area contributed by atoms with Crippen molar-refractivity contribution in [1.29, 1.82) is 0 Å². The van der Waals surface area contributed by atoms with Crippen LogP contribution in [-0.2, 0) is 10.2 Å². The van der Waals surface area contributed by atoms with Crippen LogP contribution in [0.1, 0.15) is 79.7 Å². The normalized spacial score (nSPS) is 17.5. The number of amides is 2. The molecule has 1 heterocycles. The summed E-state index contributed by atoms with van der Waals surface area (Å²) in [5.74, 6) is -0.245. The molecule has 2 amide bonds. The number of hydrogen-bond donors (Lipinski definition) is 2. The molecule has 0 radical (unpaired) electrons. The maximum absolute atomic E-state index is 12.7. The Morgan fingerprint density at radius 3 is 2.17 bits per heavy atom. The predicted octanol–water partition coefficient (Wildman–Crippen LogP) is 7.27. The van der Waals surface area contributed by atoms with Gasteiger partial charge in [-0.1, -0.05) is 25.5 Å². The number of nitrogens with zero attached hydrogens (tertiary/aromatic N) is 1. The van der Waals surface area contributed by atoms with Crippen molar-refractivity contribution in [3.63, 3.8) is 0 Å². The Hall–Kier alpha value is -4.17. The smallest absolute Gasteiger partial charge is 0.417 e. The lowest BCUT2D eigenvalue weighted by atomic mass is 9.74. The van der Waals surface area contributed by atoms with Crippen LogP contribution >= 0.6 is 0 Å². The fourth-order valence-corrected chi connectivity index (χ4v) is 5.32. The molecule has 0 aromatic heterocycles. The summed E-state index contributed by atoms with van der Waals surface area (Å²) < 4.78 is 11.0. The van der Waals surface area contributed by atoms with Crippen LogP contribution in [0, 0.1) is 0 Å². The van der Waals surface area contributed by atoms with Crippen LogP contribution < -0.4 is 15.4 Å². The number of likely N-dealkylation sites (tertiary alicyclic amines) is 1. The first-order chi connectivity index (χ1) is 20.0. The van der Waals surface area contributed by atoms with Crippen molar-refractivity contribution in [2.75, 3.05) is 30.8 Å². The zero-order chi connectivity index (χ0) is 30.3. The van der Waals surface area contributed by atoms with E-state index in [9.17, 15) is 14.4 Å². The summed E-state index contributed by atoms with van der Waals surface area (Å²) in [6.45, 7) is 9.73. The summed E-state index contributed by atoms with van der Waals surface area (Å²) in [5, 5.41) is 5.54. The third kappa shape index (κ3) is 8.19. The summed E-state index contributed by atoms with van der Waals surface area (Å²) in [7, 11) is 2.17. The molecule has 0 saturated carbocycles. The molecule has 0 aliphatic carbocycles. The van der Waals surface area contributed by atoms with E-state index in [-0.39, 0.29) is 11.3 Å². The van der Waals surface area contributed by atoms with Crippen molar-refractivity contribution in [3.8, 4) is 5.75 Å². The summed E-state index contributed by atoms with van der Waals surface area (Å²) in [5.41, 5.74) is 2.51. The van der Waals surface area contributed by atoms with Gasteiger partial charge in [-0.15, -0.1) is 0 Å². The van der Waals surface area contributed by atoms with Crippen molar-refractivity contribution in [2.24, 2.45) is 0 Å². The lowest BCUT2D eigenvalue weighted by Crippen LogP contribution is -2.37. The molecule has 1 fully saturated rings. The van der Waals surface area contributed by atoms with Crippen LogP contribution in [0.25, 0.3) is 0 Å². The second kappa shape index (κ2) is 13.2. The molecule has 1 saturated heterocycles. The Labute approximate surface area is 248 Å². The van der Waals surface area contributed by atoms with Crippen molar-refractivity contribution in [1.82, 2.24) is 4.90 Å². The highest BCUT2D eigenvalue weighted by Gasteiger charge is 2.33. The molecule has 1 atom stereocenters. The van der Waals surface area contributed by atoms with E-state index in [0.717, 1.165) is 25.9 Å². The topological polar surface area (TPSA) is 97.0 Å². The molecule has 8 heteroatoms. The molecule has 222 valence electrons. The average molecular weight is 572 g/mol. The van der Waals surface area contributed by atoms with Crippen molar-refractivity contribution >= 4 is 29.3 Å². The number of ether oxygens (including phenoxy) is 2. The van der Waals surface area contributed by atoms with Crippen LogP contribution in [0.3, 0.4) is 0 Å². The summed E-state index contributed by atoms with van der Waals surface area (Å²) in [6, 6.07) is 20.9. The Balaban J connectivity index is 1.33. The van der Waals surface area contributed by atoms with Gasteiger partial charge in [0.05, 0.1) is 5.56 Å². The van der Waals surface area contributed by atoms with Crippen LogP contribution in [0.4, 0.5) is 16.2 Å². The first-order valence-corrected chi connectivity index (χ1v) is 14.5. The summed E-state index contributed by atoms with van der Waals surface area (Å²) >= 11 is 0. The van der Waals surface area contributed by atoms with Gasteiger partial charge in [0.1, 0.15) is 11.4 Å². The third-order valence-electron chi connectivity index (χ3n) is 7.52. The minimum atomic E-state index is -0.599. The quantitative estimate of drug-likeness (QED) is 0.290. The standard InChI is InChI=1S/C34H41N3O5/c1-6-34(20-7-8-21-37(5)23-34)26-10-9-11-29(22-26)41-32(40)36-28-16-12-24(13-17-28)30(38)35-27-18-14-25(15-19-27)31(39)42-33(2,3)4/h9-19,22H,6-8,20-21,23H2,1-5H3,(H,35,38)(H,36,40). The first kappa shape index (κ1) is 30.8. The highest BCUT2D eigenvalue weighted by atomic mass is 16.6. The van der Waals surface area contributed by atoms with Crippen LogP contribution in [0.2, 0.25) is 0 Å². The molecule has 4 rings (SSSR count). The van der Waals surface area contributed by atoms with Gasteiger partial charge < -0.3 is 19.7 Å². The number of anilines is 2. The highest BCUT2D eigenvalue weighted by molar-refractivity contribution is 6.04. The van der Waals surface area contributed by atoms with Gasteiger partial charge in [-0.2, -0.15) is 0 Å². The van der Waals surface area contributed by atoms with Crippen LogP contribution in [0.5, 0.6) is 5.75 Å². The number of esters is 1. The zero-order valence-electron chi connectivity index (χ0n) is 25.2. The lowest BCUT2D eigenvalue weighted by Gasteiger charge is -2.35. The highest BCUT2D eigenvalue weighted by Crippen LogP contribution is 2.37. The van der Waals surface area contributed by atoms with E-state index < -0.39 is 17.7 Å². The van der Waals surface area contributed by atoms with E-state index >= 15 is 0 Å². The Morgan fingerprint density at radius 2 is 1.52 bits per heavy atom. The molecular formula is C34H41N3O5. The lowest BCUT2D eigenvalue weighted by molar-refractivity contribution is 0.00694. The second-order valence-electron chi connectivity index (χ2n) is 12.0. The van der Waals surface area contributed by atoms with E-state index in [0.29, 0.717) is 28.3 Å². The average Bonchev–Trinajstić information content (AvgIpc) is 3.14. The molecule has 1 aliphatic heterocycles. The number of nitrogens with one attached hydrogen (secondary N) is 2. The Kier molecular flexibility index (Phi) is 9.68. The molecule has 8 nitrogen and oxygen atoms in total. The van der Waals surface area contributed by atoms with Gasteiger partial charge in [-0.25, -0.2) is 9.59 Å². The van der Waals surface area contributed by atoms with Crippen molar-refractivity contribution in [2.45, 2.75) is 64.4 Å². The molecule has 3 aromatic carbocycles. The van der Waals surface area contributed by atoms with Gasteiger partial charge in [0.25, 0.3) is 5.91 Å². The molecule has 0 bridgehead atoms. The fraction of sp³-hybridized carbons (Fsp3) is 0.382. The molecule has 42 heavy (non-hydrogen) atoms. The molecule has 2 N–H and O–H groups in total. The number of carbonyl (C=O) groups is 3. The number of carbonyl (C=O) groups excluding carboxylic acids is 3. The molecule has 1 unspecified atom stereocenters. The van der Waals surface area contributed by atoms with Gasteiger partial charge in [0, 0.05) is 28.9 Å². The summed E-state index contributed by atoms with van der Waals surface area (Å²) in [6.07, 6.45) is 3.90. The molecular weight excluding hydrogens is 530 g/mol. The second-order valence-corrected chi connectivity index (χ2v) is 12.0. The van der Waals surface area contributed by atoms with Gasteiger partial charge >= 0.3 is 12.1 Å². The van der Waals surface area contributed by atoms with E-state index in [1.54, 1.807) is 75.4 Å². The Morgan fingerprint density at radius 1 is 0.881 bits per heavy atom. The van der Waals surface area contributed by atoms with E-state index in [2.05, 4.69) is 35.6 Å². The number of likely N-dealkylation sites (N-methyl/N-ethyl adjacent to an activating group) is 1. The van der Waals surface area contributed by atoms with Crippen molar-refractivity contribution in [3.05, 3.63) is 89.5 Å². The van der Waals surface area contributed by atoms with Crippen LogP contribution in [0.15, 0.2) is 72.8 Å². The molecule has 0 spiro atoms. The van der Waals surface area contributed by atoms with E-state index in [4.69, 9.17) is 9.47 Å². The van der Waals surface area contributed by atoms with Gasteiger partial charge in [0.2, 0.25) is 0 Å².